The number of aromatic nitrogens is 2. The first-order valence-corrected chi connectivity index (χ1v) is 7.64. The van der Waals surface area contributed by atoms with Gasteiger partial charge in [-0.05, 0) is 39.2 Å². The van der Waals surface area contributed by atoms with Gasteiger partial charge in [0.25, 0.3) is 0 Å². The lowest BCUT2D eigenvalue weighted by atomic mass is 9.79. The molecule has 1 aliphatic rings. The predicted molar refractivity (Wildman–Crippen MR) is 87.3 cm³/mol. The largest absolute Gasteiger partial charge is 0.494 e. The topological polar surface area (TPSA) is 45.5 Å². The summed E-state index contributed by atoms with van der Waals surface area (Å²) < 4.78 is 19.3. The number of rotatable bonds is 4. The van der Waals surface area contributed by atoms with Crippen LogP contribution in [-0.2, 0) is 20.6 Å². The zero-order valence-electron chi connectivity index (χ0n) is 13.9. The lowest BCUT2D eigenvalue weighted by molar-refractivity contribution is 0.00578. The zero-order chi connectivity index (χ0) is 16.0. The molecule has 0 atom stereocenters. The number of hydrogen-bond donors (Lipinski definition) is 0. The minimum absolute atomic E-state index is 0.330. The van der Waals surface area contributed by atoms with E-state index in [9.17, 15) is 0 Å². The Morgan fingerprint density at radius 3 is 2.50 bits per heavy atom. The number of fused-ring (bicyclic) bond motifs is 1. The Bertz CT molecular complexity index is 665. The van der Waals surface area contributed by atoms with Gasteiger partial charge < -0.3 is 14.0 Å². The van der Waals surface area contributed by atoms with Gasteiger partial charge in [-0.3, -0.25) is 4.68 Å². The van der Waals surface area contributed by atoms with Gasteiger partial charge in [0, 0.05) is 12.5 Å². The van der Waals surface area contributed by atoms with E-state index in [0.717, 1.165) is 22.9 Å². The van der Waals surface area contributed by atoms with Crippen molar-refractivity contribution in [1.82, 2.24) is 9.78 Å². The molecule has 0 aliphatic carbocycles. The van der Waals surface area contributed by atoms with Crippen molar-refractivity contribution in [3.8, 4) is 0 Å². The van der Waals surface area contributed by atoms with E-state index in [1.54, 1.807) is 7.11 Å². The van der Waals surface area contributed by atoms with E-state index in [1.807, 2.05) is 16.9 Å². The average Bonchev–Trinajstić information content (AvgIpc) is 2.94. The lowest BCUT2D eigenvalue weighted by Gasteiger charge is -2.32. The maximum absolute atomic E-state index is 6.12. The zero-order valence-corrected chi connectivity index (χ0v) is 13.9. The van der Waals surface area contributed by atoms with Gasteiger partial charge in [0.15, 0.2) is 0 Å². The summed E-state index contributed by atoms with van der Waals surface area (Å²) >= 11 is 0. The quantitative estimate of drug-likeness (QED) is 0.810. The van der Waals surface area contributed by atoms with Crippen LogP contribution in [0.5, 0.6) is 0 Å². The number of hydrogen-bond acceptors (Lipinski definition) is 4. The van der Waals surface area contributed by atoms with Crippen molar-refractivity contribution in [1.29, 1.82) is 0 Å². The number of ether oxygens (including phenoxy) is 1. The van der Waals surface area contributed by atoms with Crippen molar-refractivity contribution in [3.05, 3.63) is 24.4 Å². The number of benzene rings is 1. The fourth-order valence-corrected chi connectivity index (χ4v) is 2.57. The summed E-state index contributed by atoms with van der Waals surface area (Å²) in [5, 5.41) is 5.52. The fraction of sp³-hybridized carbons (Fsp3) is 0.562. The molecule has 2 aromatic rings. The highest BCUT2D eigenvalue weighted by Crippen LogP contribution is 2.36. The van der Waals surface area contributed by atoms with E-state index in [1.165, 1.54) is 0 Å². The third-order valence-corrected chi connectivity index (χ3v) is 4.70. The second-order valence-corrected chi connectivity index (χ2v) is 6.77. The van der Waals surface area contributed by atoms with Gasteiger partial charge in [0.2, 0.25) is 0 Å². The van der Waals surface area contributed by atoms with Crippen LogP contribution < -0.4 is 5.46 Å². The van der Waals surface area contributed by atoms with Crippen LogP contribution in [0.3, 0.4) is 0 Å². The number of nitrogens with zero attached hydrogens (tertiary/aromatic N) is 2. The summed E-state index contributed by atoms with van der Waals surface area (Å²) in [5.74, 6) is 0. The van der Waals surface area contributed by atoms with Gasteiger partial charge >= 0.3 is 7.12 Å². The molecule has 5 nitrogen and oxygen atoms in total. The molecule has 6 heteroatoms. The molecular formula is C16H23BN2O3. The van der Waals surface area contributed by atoms with Crippen LogP contribution in [0.1, 0.15) is 27.7 Å². The fourth-order valence-electron chi connectivity index (χ4n) is 2.57. The standard InChI is InChI=1S/C16H23BN2O3/c1-15(2)16(3,4)22-17(21-15)13-7-6-12-11-18-19(8-9-20-5)14(12)10-13/h6-7,10-11H,8-9H2,1-5H3. The van der Waals surface area contributed by atoms with E-state index in [2.05, 4.69) is 44.9 Å². The summed E-state index contributed by atoms with van der Waals surface area (Å²) in [5.41, 5.74) is 1.43. The first-order valence-electron chi connectivity index (χ1n) is 7.64. The Labute approximate surface area is 131 Å². The summed E-state index contributed by atoms with van der Waals surface area (Å²) in [7, 11) is 1.35. The Balaban J connectivity index is 1.92. The van der Waals surface area contributed by atoms with Crippen LogP contribution in [0, 0.1) is 0 Å². The smallest absolute Gasteiger partial charge is 0.399 e. The molecule has 0 spiro atoms. The summed E-state index contributed by atoms with van der Waals surface area (Å²) in [4.78, 5) is 0. The Hall–Kier alpha value is -1.37. The molecule has 2 heterocycles. The van der Waals surface area contributed by atoms with Crippen molar-refractivity contribution in [2.75, 3.05) is 13.7 Å². The molecule has 0 saturated carbocycles. The predicted octanol–water partition coefficient (Wildman–Crippen LogP) is 1.98. The number of methoxy groups -OCH3 is 1. The Kier molecular flexibility index (Phi) is 3.79. The SMILES string of the molecule is COCCn1ncc2ccc(B3OC(C)(C)C(C)(C)O3)cc21. The van der Waals surface area contributed by atoms with Crippen LogP contribution in [0.2, 0.25) is 0 Å². The highest BCUT2D eigenvalue weighted by molar-refractivity contribution is 6.62. The maximum Gasteiger partial charge on any atom is 0.494 e. The molecule has 0 radical (unpaired) electrons. The molecule has 1 aromatic heterocycles. The molecule has 1 aliphatic heterocycles. The van der Waals surface area contributed by atoms with Crippen LogP contribution in [0.4, 0.5) is 0 Å². The minimum atomic E-state index is -0.347. The Morgan fingerprint density at radius 1 is 1.18 bits per heavy atom. The highest BCUT2D eigenvalue weighted by Gasteiger charge is 2.51. The van der Waals surface area contributed by atoms with E-state index < -0.39 is 0 Å². The Morgan fingerprint density at radius 2 is 1.86 bits per heavy atom. The minimum Gasteiger partial charge on any atom is -0.399 e. The van der Waals surface area contributed by atoms with E-state index >= 15 is 0 Å². The summed E-state index contributed by atoms with van der Waals surface area (Å²) in [6.45, 7) is 9.62. The van der Waals surface area contributed by atoms with Gasteiger partial charge in [-0.2, -0.15) is 5.10 Å². The monoisotopic (exact) mass is 302 g/mol. The molecule has 22 heavy (non-hydrogen) atoms. The molecule has 0 unspecified atom stereocenters. The van der Waals surface area contributed by atoms with Crippen molar-refractivity contribution in [2.45, 2.75) is 45.4 Å². The summed E-state index contributed by atoms with van der Waals surface area (Å²) in [6.07, 6.45) is 1.87. The highest BCUT2D eigenvalue weighted by atomic mass is 16.7. The van der Waals surface area contributed by atoms with Gasteiger partial charge in [-0.25, -0.2) is 0 Å². The molecule has 1 aromatic carbocycles. The van der Waals surface area contributed by atoms with Gasteiger partial charge in [-0.1, -0.05) is 12.1 Å². The first kappa shape index (κ1) is 15.5. The van der Waals surface area contributed by atoms with Gasteiger partial charge in [0.05, 0.1) is 36.1 Å². The van der Waals surface area contributed by atoms with E-state index in [-0.39, 0.29) is 18.3 Å². The molecule has 1 saturated heterocycles. The van der Waals surface area contributed by atoms with Crippen molar-refractivity contribution in [2.24, 2.45) is 0 Å². The maximum atomic E-state index is 6.12. The van der Waals surface area contributed by atoms with Crippen molar-refractivity contribution >= 4 is 23.5 Å². The molecule has 3 rings (SSSR count). The molecular weight excluding hydrogens is 279 g/mol. The third kappa shape index (κ3) is 2.55. The normalized spacial score (nSPS) is 20.0. The molecule has 118 valence electrons. The van der Waals surface area contributed by atoms with Crippen LogP contribution in [0.15, 0.2) is 24.4 Å². The molecule has 0 amide bonds. The summed E-state index contributed by atoms with van der Waals surface area (Å²) in [6, 6.07) is 6.21. The molecule has 0 bridgehead atoms. The van der Waals surface area contributed by atoms with Gasteiger partial charge in [0.1, 0.15) is 0 Å². The van der Waals surface area contributed by atoms with Crippen LogP contribution in [0.25, 0.3) is 10.9 Å². The van der Waals surface area contributed by atoms with Crippen LogP contribution >= 0.6 is 0 Å². The lowest BCUT2D eigenvalue weighted by Crippen LogP contribution is -2.41. The second kappa shape index (κ2) is 5.37. The van der Waals surface area contributed by atoms with Crippen molar-refractivity contribution < 1.29 is 14.0 Å². The molecule has 1 fully saturated rings. The van der Waals surface area contributed by atoms with E-state index in [4.69, 9.17) is 14.0 Å². The van der Waals surface area contributed by atoms with E-state index in [0.29, 0.717) is 6.61 Å². The van der Waals surface area contributed by atoms with Crippen molar-refractivity contribution in [3.63, 3.8) is 0 Å². The average molecular weight is 302 g/mol. The van der Waals surface area contributed by atoms with Crippen LogP contribution in [-0.4, -0.2) is 41.8 Å². The molecule has 0 N–H and O–H groups in total. The second-order valence-electron chi connectivity index (χ2n) is 6.77. The van der Waals surface area contributed by atoms with Gasteiger partial charge in [-0.15, -0.1) is 0 Å². The third-order valence-electron chi connectivity index (χ3n) is 4.70. The first-order chi connectivity index (χ1) is 10.3.